The summed E-state index contributed by atoms with van der Waals surface area (Å²) in [6.45, 7) is 4.49. The highest BCUT2D eigenvalue weighted by Crippen LogP contribution is 1.96. The lowest BCUT2D eigenvalue weighted by atomic mass is 10.2. The maximum absolute atomic E-state index is 2.35. The molecule has 0 heterocycles. The Morgan fingerprint density at radius 1 is 0.733 bits per heavy atom. The molecule has 1 radical (unpaired) electrons. The highest BCUT2D eigenvalue weighted by Gasteiger charge is 2.09. The van der Waals surface area contributed by atoms with Gasteiger partial charge in [-0.25, -0.2) is 0 Å². The van der Waals surface area contributed by atoms with Crippen LogP contribution in [-0.2, 0) is 0 Å². The molecule has 0 aliphatic rings. The van der Waals surface area contributed by atoms with Crippen LogP contribution in [0, 0.1) is 6.92 Å². The Morgan fingerprint density at radius 2 is 1.27 bits per heavy atom. The minimum absolute atomic E-state index is 0.561. The Hall–Kier alpha value is -1.34. The molecule has 0 amide bonds. The first kappa shape index (κ1) is 10.2. The second-order valence-corrected chi connectivity index (χ2v) is 6.26. The Kier molecular flexibility index (Phi) is 3.02. The fourth-order valence-corrected chi connectivity index (χ4v) is 3.35. The number of aryl methyl sites for hydroxylation is 1. The Bertz CT molecular complexity index is 417. The highest BCUT2D eigenvalue weighted by molar-refractivity contribution is 6.84. The van der Waals surface area contributed by atoms with Crippen LogP contribution in [0.1, 0.15) is 5.56 Å². The maximum atomic E-state index is 2.35. The van der Waals surface area contributed by atoms with Gasteiger partial charge in [0, 0.05) is 0 Å². The second kappa shape index (κ2) is 4.45. The van der Waals surface area contributed by atoms with Crippen LogP contribution in [-0.4, -0.2) is 8.80 Å². The van der Waals surface area contributed by atoms with E-state index in [2.05, 4.69) is 68.1 Å². The average Bonchev–Trinajstić information content (AvgIpc) is 2.30. The molecule has 0 fully saturated rings. The van der Waals surface area contributed by atoms with E-state index in [1.54, 1.807) is 0 Å². The number of hydrogen-bond donors (Lipinski definition) is 0. The lowest BCUT2D eigenvalue weighted by molar-refractivity contribution is 1.49. The van der Waals surface area contributed by atoms with Crippen LogP contribution in [0.5, 0.6) is 0 Å². The van der Waals surface area contributed by atoms with Crippen molar-refractivity contribution in [1.82, 2.24) is 0 Å². The molecule has 15 heavy (non-hydrogen) atoms. The predicted molar refractivity (Wildman–Crippen MR) is 68.5 cm³/mol. The molecule has 0 spiro atoms. The zero-order chi connectivity index (χ0) is 10.7. The van der Waals surface area contributed by atoms with E-state index in [1.807, 2.05) is 0 Å². The van der Waals surface area contributed by atoms with Crippen molar-refractivity contribution in [3.63, 3.8) is 0 Å². The molecule has 2 rings (SSSR count). The average molecular weight is 211 g/mol. The quantitative estimate of drug-likeness (QED) is 0.668. The van der Waals surface area contributed by atoms with Gasteiger partial charge < -0.3 is 0 Å². The first-order valence-corrected chi connectivity index (χ1v) is 7.23. The first-order valence-electron chi connectivity index (χ1n) is 5.23. The third kappa shape index (κ3) is 2.36. The third-order valence-corrected chi connectivity index (χ3v) is 5.09. The molecule has 0 atom stereocenters. The third-order valence-electron chi connectivity index (χ3n) is 2.69. The molecule has 0 aliphatic heterocycles. The van der Waals surface area contributed by atoms with Gasteiger partial charge in [0.15, 0.2) is 0 Å². The van der Waals surface area contributed by atoms with Crippen molar-refractivity contribution >= 4 is 19.2 Å². The van der Waals surface area contributed by atoms with E-state index in [-0.39, 0.29) is 0 Å². The van der Waals surface area contributed by atoms with Gasteiger partial charge in [0.05, 0.1) is 0 Å². The van der Waals surface area contributed by atoms with E-state index in [4.69, 9.17) is 0 Å². The van der Waals surface area contributed by atoms with Crippen molar-refractivity contribution in [2.45, 2.75) is 13.5 Å². The normalized spacial score (nSPS) is 10.6. The number of rotatable bonds is 2. The van der Waals surface area contributed by atoms with Gasteiger partial charge in [0.2, 0.25) is 0 Å². The minimum atomic E-state index is -0.561. The van der Waals surface area contributed by atoms with Gasteiger partial charge in [0.25, 0.3) is 0 Å². The van der Waals surface area contributed by atoms with Crippen LogP contribution in [0.3, 0.4) is 0 Å². The first-order chi connectivity index (χ1) is 7.27. The lowest BCUT2D eigenvalue weighted by Crippen LogP contribution is -2.38. The van der Waals surface area contributed by atoms with Gasteiger partial charge >= 0.3 is 0 Å². The predicted octanol–water partition coefficient (Wildman–Crippen LogP) is 2.23. The van der Waals surface area contributed by atoms with Crippen molar-refractivity contribution in [2.24, 2.45) is 0 Å². The van der Waals surface area contributed by atoms with E-state index in [9.17, 15) is 0 Å². The van der Waals surface area contributed by atoms with E-state index < -0.39 is 8.80 Å². The molecule has 1 heteroatoms. The van der Waals surface area contributed by atoms with Gasteiger partial charge in [-0.3, -0.25) is 0 Å². The molecule has 2 aromatic carbocycles. The Morgan fingerprint density at radius 3 is 1.87 bits per heavy atom. The maximum Gasteiger partial charge on any atom is 0.118 e. The van der Waals surface area contributed by atoms with Gasteiger partial charge in [-0.1, -0.05) is 77.1 Å². The summed E-state index contributed by atoms with van der Waals surface area (Å²) in [4.78, 5) is 0. The van der Waals surface area contributed by atoms with E-state index in [0.717, 1.165) is 0 Å². The molecule has 0 aromatic heterocycles. The fourth-order valence-electron chi connectivity index (χ4n) is 1.66. The molecule has 0 N–H and O–H groups in total. The summed E-state index contributed by atoms with van der Waals surface area (Å²) in [7, 11) is -0.561. The largest absolute Gasteiger partial charge is 0.118 e. The van der Waals surface area contributed by atoms with Gasteiger partial charge in [-0.2, -0.15) is 0 Å². The molecule has 0 saturated carbocycles. The molecule has 75 valence electrons. The monoisotopic (exact) mass is 211 g/mol. The van der Waals surface area contributed by atoms with E-state index in [0.29, 0.717) is 0 Å². The molecule has 0 aliphatic carbocycles. The fraction of sp³-hybridized carbons (Fsp3) is 0.143. The molecule has 0 saturated heterocycles. The van der Waals surface area contributed by atoms with Crippen LogP contribution >= 0.6 is 0 Å². The molecule has 0 bridgehead atoms. The van der Waals surface area contributed by atoms with Crippen LogP contribution in [0.15, 0.2) is 54.6 Å². The van der Waals surface area contributed by atoms with Crippen molar-refractivity contribution in [3.8, 4) is 0 Å². The van der Waals surface area contributed by atoms with Crippen LogP contribution in [0.25, 0.3) is 0 Å². The highest BCUT2D eigenvalue weighted by atomic mass is 28.3. The zero-order valence-electron chi connectivity index (χ0n) is 9.20. The van der Waals surface area contributed by atoms with Crippen LogP contribution in [0.4, 0.5) is 0 Å². The number of benzene rings is 2. The SMILES string of the molecule is Cc1ccc([Si](C)c2ccccc2)cc1. The zero-order valence-corrected chi connectivity index (χ0v) is 10.2. The smallest absolute Gasteiger partial charge is 0.0628 e. The van der Waals surface area contributed by atoms with Gasteiger partial charge in [0.1, 0.15) is 8.80 Å². The number of hydrogen-bond acceptors (Lipinski definition) is 0. The van der Waals surface area contributed by atoms with Crippen molar-refractivity contribution < 1.29 is 0 Å². The molecular weight excluding hydrogens is 196 g/mol. The van der Waals surface area contributed by atoms with Crippen LogP contribution < -0.4 is 10.4 Å². The summed E-state index contributed by atoms with van der Waals surface area (Å²) in [5.41, 5.74) is 1.33. The van der Waals surface area contributed by atoms with E-state index >= 15 is 0 Å². The summed E-state index contributed by atoms with van der Waals surface area (Å²) in [6.07, 6.45) is 0. The van der Waals surface area contributed by atoms with Gasteiger partial charge in [-0.05, 0) is 6.92 Å². The Labute approximate surface area is 93.2 Å². The van der Waals surface area contributed by atoms with Crippen molar-refractivity contribution in [3.05, 3.63) is 60.2 Å². The minimum Gasteiger partial charge on any atom is -0.0628 e. The second-order valence-electron chi connectivity index (χ2n) is 3.86. The van der Waals surface area contributed by atoms with Crippen LogP contribution in [0.2, 0.25) is 6.55 Å². The van der Waals surface area contributed by atoms with Crippen molar-refractivity contribution in [2.75, 3.05) is 0 Å². The summed E-state index contributed by atoms with van der Waals surface area (Å²) in [5, 5.41) is 2.96. The van der Waals surface area contributed by atoms with Crippen molar-refractivity contribution in [1.29, 1.82) is 0 Å². The molecular formula is C14H15Si. The lowest BCUT2D eigenvalue weighted by Gasteiger charge is -2.10. The topological polar surface area (TPSA) is 0 Å². The molecule has 0 nitrogen and oxygen atoms in total. The van der Waals surface area contributed by atoms with E-state index in [1.165, 1.54) is 15.9 Å². The summed E-state index contributed by atoms with van der Waals surface area (Å²) in [6, 6.07) is 19.7. The summed E-state index contributed by atoms with van der Waals surface area (Å²) < 4.78 is 0. The molecule has 0 unspecified atom stereocenters. The Balaban J connectivity index is 2.29. The summed E-state index contributed by atoms with van der Waals surface area (Å²) >= 11 is 0. The van der Waals surface area contributed by atoms with Gasteiger partial charge in [-0.15, -0.1) is 0 Å². The summed E-state index contributed by atoms with van der Waals surface area (Å²) in [5.74, 6) is 0. The molecule has 2 aromatic rings. The standard InChI is InChI=1S/C14H15Si/c1-12-8-10-14(11-9-12)15(2)13-6-4-3-5-7-13/h3-11H,1-2H3.